The fraction of sp³-hybridized carbons (Fsp3) is 0.333. The van der Waals surface area contributed by atoms with Gasteiger partial charge in [-0.2, -0.15) is 0 Å². The third kappa shape index (κ3) is 5.21. The minimum atomic E-state index is -0.124. The number of hydrogen-bond acceptors (Lipinski definition) is 3. The van der Waals surface area contributed by atoms with Crippen LogP contribution in [0.25, 0.3) is 0 Å². The number of nitrogens with one attached hydrogen (secondary N) is 2. The van der Waals surface area contributed by atoms with Crippen LogP contribution < -0.4 is 10.6 Å². The lowest BCUT2D eigenvalue weighted by Crippen LogP contribution is -2.23. The Kier molecular flexibility index (Phi) is 6.35. The van der Waals surface area contributed by atoms with Crippen molar-refractivity contribution in [1.82, 2.24) is 5.32 Å². The minimum Gasteiger partial charge on any atom is -0.352 e. The second-order valence-electron chi connectivity index (χ2n) is 5.37. The highest BCUT2D eigenvalue weighted by molar-refractivity contribution is 7.09. The number of carbonyl (C=O) groups is 2. The molecule has 2 amide bonds. The van der Waals surface area contributed by atoms with Crippen molar-refractivity contribution in [2.24, 2.45) is 0 Å². The van der Waals surface area contributed by atoms with E-state index in [9.17, 15) is 9.59 Å². The van der Waals surface area contributed by atoms with E-state index < -0.39 is 0 Å². The first-order chi connectivity index (χ1) is 11.1. The molecule has 0 unspecified atom stereocenters. The van der Waals surface area contributed by atoms with E-state index in [1.54, 1.807) is 23.5 Å². The van der Waals surface area contributed by atoms with Crippen molar-refractivity contribution in [2.45, 2.75) is 33.1 Å². The molecule has 0 aliphatic rings. The maximum atomic E-state index is 12.1. The summed E-state index contributed by atoms with van der Waals surface area (Å²) in [4.78, 5) is 25.3. The van der Waals surface area contributed by atoms with Crippen LogP contribution in [-0.4, -0.2) is 18.4 Å². The van der Waals surface area contributed by atoms with Gasteiger partial charge in [0.1, 0.15) is 0 Å². The summed E-state index contributed by atoms with van der Waals surface area (Å²) in [5, 5.41) is 7.72. The smallest absolute Gasteiger partial charge is 0.251 e. The average molecular weight is 330 g/mol. The van der Waals surface area contributed by atoms with Crippen molar-refractivity contribution in [2.75, 3.05) is 11.9 Å². The molecule has 2 rings (SSSR count). The Labute approximate surface area is 140 Å². The Hall–Kier alpha value is -2.14. The number of amides is 2. The molecular formula is C18H22N2O2S. The molecule has 0 bridgehead atoms. The Morgan fingerprint density at radius 2 is 2.04 bits per heavy atom. The molecule has 0 aliphatic heterocycles. The van der Waals surface area contributed by atoms with Crippen molar-refractivity contribution < 1.29 is 9.59 Å². The highest BCUT2D eigenvalue weighted by Gasteiger charge is 2.09. The van der Waals surface area contributed by atoms with Gasteiger partial charge in [-0.05, 0) is 55.8 Å². The van der Waals surface area contributed by atoms with E-state index in [-0.39, 0.29) is 11.8 Å². The lowest BCUT2D eigenvalue weighted by Gasteiger charge is -2.10. The fourth-order valence-electron chi connectivity index (χ4n) is 2.25. The van der Waals surface area contributed by atoms with Gasteiger partial charge < -0.3 is 10.6 Å². The number of hydrogen-bond donors (Lipinski definition) is 2. The van der Waals surface area contributed by atoms with Gasteiger partial charge in [0.25, 0.3) is 5.91 Å². The number of carbonyl (C=O) groups excluding carboxylic acids is 2. The molecular weight excluding hydrogens is 308 g/mol. The van der Waals surface area contributed by atoms with Crippen LogP contribution in [0.1, 0.15) is 40.6 Å². The number of thiophene rings is 1. The van der Waals surface area contributed by atoms with E-state index in [0.717, 1.165) is 18.4 Å². The third-order valence-corrected chi connectivity index (χ3v) is 4.45. The lowest BCUT2D eigenvalue weighted by molar-refractivity contribution is -0.116. The van der Waals surface area contributed by atoms with Gasteiger partial charge in [-0.1, -0.05) is 12.1 Å². The monoisotopic (exact) mass is 330 g/mol. The molecule has 0 fully saturated rings. The van der Waals surface area contributed by atoms with E-state index in [2.05, 4.69) is 16.7 Å². The first-order valence-corrected chi connectivity index (χ1v) is 8.69. The first kappa shape index (κ1) is 17.2. The molecule has 4 nitrogen and oxygen atoms in total. The lowest BCUT2D eigenvalue weighted by atomic mass is 10.1. The van der Waals surface area contributed by atoms with Gasteiger partial charge in [0.05, 0.1) is 0 Å². The third-order valence-electron chi connectivity index (χ3n) is 3.52. The summed E-state index contributed by atoms with van der Waals surface area (Å²) < 4.78 is 0. The number of rotatable bonds is 7. The molecule has 1 aromatic carbocycles. The first-order valence-electron chi connectivity index (χ1n) is 7.81. The summed E-state index contributed by atoms with van der Waals surface area (Å²) in [6.07, 6.45) is 2.22. The quantitative estimate of drug-likeness (QED) is 0.812. The zero-order valence-corrected chi connectivity index (χ0v) is 14.3. The van der Waals surface area contributed by atoms with Gasteiger partial charge >= 0.3 is 0 Å². The molecule has 1 heterocycles. The molecule has 5 heteroatoms. The molecule has 0 aliphatic carbocycles. The predicted molar refractivity (Wildman–Crippen MR) is 95.1 cm³/mol. The van der Waals surface area contributed by atoms with Gasteiger partial charge in [-0.3, -0.25) is 9.59 Å². The van der Waals surface area contributed by atoms with E-state index in [1.807, 2.05) is 31.4 Å². The van der Waals surface area contributed by atoms with Crippen molar-refractivity contribution in [1.29, 1.82) is 0 Å². The number of aryl methyl sites for hydroxylation is 2. The normalized spacial score (nSPS) is 10.3. The van der Waals surface area contributed by atoms with E-state index in [4.69, 9.17) is 0 Å². The summed E-state index contributed by atoms with van der Waals surface area (Å²) in [6, 6.07) is 9.47. The fourth-order valence-corrected chi connectivity index (χ4v) is 3.00. The van der Waals surface area contributed by atoms with Crippen molar-refractivity contribution >= 4 is 28.8 Å². The van der Waals surface area contributed by atoms with Gasteiger partial charge in [-0.25, -0.2) is 0 Å². The topological polar surface area (TPSA) is 58.2 Å². The number of anilines is 1. The van der Waals surface area contributed by atoms with E-state index in [1.165, 1.54) is 4.88 Å². The maximum Gasteiger partial charge on any atom is 0.251 e. The second-order valence-corrected chi connectivity index (χ2v) is 6.40. The van der Waals surface area contributed by atoms with Crippen molar-refractivity contribution in [3.8, 4) is 0 Å². The van der Waals surface area contributed by atoms with Gasteiger partial charge in [0.15, 0.2) is 0 Å². The SMILES string of the molecule is CCNC(=O)c1ccc(C)c(NC(=O)CCCc2cccs2)c1. The predicted octanol–water partition coefficient (Wildman–Crippen LogP) is 3.77. The van der Waals surface area contributed by atoms with Crippen LogP contribution in [0.3, 0.4) is 0 Å². The minimum absolute atomic E-state index is 0.0160. The average Bonchev–Trinajstić information content (AvgIpc) is 3.03. The van der Waals surface area contributed by atoms with Crippen LogP contribution in [-0.2, 0) is 11.2 Å². The molecule has 1 aromatic heterocycles. The second kappa shape index (κ2) is 8.48. The molecule has 0 radical (unpaired) electrons. The molecule has 2 aromatic rings. The highest BCUT2D eigenvalue weighted by atomic mass is 32.1. The van der Waals surface area contributed by atoms with Crippen LogP contribution in [0.2, 0.25) is 0 Å². The highest BCUT2D eigenvalue weighted by Crippen LogP contribution is 2.18. The summed E-state index contributed by atoms with van der Waals surface area (Å²) >= 11 is 1.71. The largest absolute Gasteiger partial charge is 0.352 e. The Bertz CT molecular complexity index is 666. The van der Waals surface area contributed by atoms with Crippen LogP contribution >= 0.6 is 11.3 Å². The zero-order valence-electron chi connectivity index (χ0n) is 13.5. The Balaban J connectivity index is 1.91. The van der Waals surface area contributed by atoms with Crippen molar-refractivity contribution in [3.63, 3.8) is 0 Å². The Morgan fingerprint density at radius 3 is 2.74 bits per heavy atom. The van der Waals surface area contributed by atoms with Crippen molar-refractivity contribution in [3.05, 3.63) is 51.7 Å². The maximum absolute atomic E-state index is 12.1. The summed E-state index contributed by atoms with van der Waals surface area (Å²) in [5.74, 6) is -0.140. The molecule has 23 heavy (non-hydrogen) atoms. The van der Waals surface area contributed by atoms with Crippen LogP contribution in [0, 0.1) is 6.92 Å². The molecule has 0 saturated heterocycles. The van der Waals surface area contributed by atoms with E-state index in [0.29, 0.717) is 24.2 Å². The summed E-state index contributed by atoms with van der Waals surface area (Å²) in [5.41, 5.74) is 2.21. The number of benzene rings is 1. The zero-order chi connectivity index (χ0) is 16.7. The van der Waals surface area contributed by atoms with Gasteiger partial charge in [0.2, 0.25) is 5.91 Å². The van der Waals surface area contributed by atoms with Gasteiger partial charge in [0, 0.05) is 29.1 Å². The van der Waals surface area contributed by atoms with E-state index >= 15 is 0 Å². The molecule has 0 saturated carbocycles. The molecule has 0 atom stereocenters. The van der Waals surface area contributed by atoms with Crippen LogP contribution in [0.4, 0.5) is 5.69 Å². The van der Waals surface area contributed by atoms with Gasteiger partial charge in [-0.15, -0.1) is 11.3 Å². The summed E-state index contributed by atoms with van der Waals surface area (Å²) in [6.45, 7) is 4.38. The molecule has 0 spiro atoms. The van der Waals surface area contributed by atoms with Crippen LogP contribution in [0.15, 0.2) is 35.7 Å². The van der Waals surface area contributed by atoms with Crippen LogP contribution in [0.5, 0.6) is 0 Å². The summed E-state index contributed by atoms with van der Waals surface area (Å²) in [7, 11) is 0. The molecule has 122 valence electrons. The standard InChI is InChI=1S/C18H22N2O2S/c1-3-19-18(22)14-10-9-13(2)16(12-14)20-17(21)8-4-6-15-7-5-11-23-15/h5,7,9-12H,3-4,6,8H2,1-2H3,(H,19,22)(H,20,21). The Morgan fingerprint density at radius 1 is 1.22 bits per heavy atom. The molecule has 2 N–H and O–H groups in total.